The molecule has 0 atom stereocenters. The maximum absolute atomic E-state index is 9.71. The number of aromatic nitrogens is 2. The van der Waals surface area contributed by atoms with Crippen molar-refractivity contribution in [1.82, 2.24) is 9.97 Å². The van der Waals surface area contributed by atoms with Crippen molar-refractivity contribution in [3.05, 3.63) is 252 Å². The lowest BCUT2D eigenvalue weighted by Gasteiger charge is -2.31. The van der Waals surface area contributed by atoms with Gasteiger partial charge in [0.15, 0.2) is 5.82 Å². The molecule has 0 radical (unpaired) electrons. The van der Waals surface area contributed by atoms with Crippen molar-refractivity contribution in [3.8, 4) is 95.6 Å². The number of hydrogen-bond donors (Lipinski definition) is 0. The van der Waals surface area contributed by atoms with Crippen LogP contribution in [0.4, 0.5) is 0 Å². The van der Waals surface area contributed by atoms with E-state index in [9.17, 15) is 5.26 Å². The molecule has 10 aromatic rings. The molecule has 0 N–H and O–H groups in total. The molecule has 2 aliphatic rings. The van der Waals surface area contributed by atoms with Gasteiger partial charge in [-0.1, -0.05) is 188 Å². The van der Waals surface area contributed by atoms with Gasteiger partial charge in [0.2, 0.25) is 0 Å². The topological polar surface area (TPSA) is 49.6 Å². The number of hydrogen-bond acceptors (Lipinski definition) is 3. The van der Waals surface area contributed by atoms with E-state index in [0.29, 0.717) is 11.4 Å². The van der Waals surface area contributed by atoms with E-state index in [0.717, 1.165) is 61.5 Å². The molecule has 2 aliphatic carbocycles. The van der Waals surface area contributed by atoms with Gasteiger partial charge < -0.3 is 0 Å². The summed E-state index contributed by atoms with van der Waals surface area (Å²) in [6.45, 7) is 0. The molecule has 0 fully saturated rings. The molecule has 3 nitrogen and oxygen atoms in total. The Labute approximate surface area is 366 Å². The lowest BCUT2D eigenvalue weighted by atomic mass is 9.70. The van der Waals surface area contributed by atoms with E-state index in [4.69, 9.17) is 9.97 Å². The molecule has 0 bridgehead atoms. The summed E-state index contributed by atoms with van der Waals surface area (Å²) in [5, 5.41) is 9.71. The van der Waals surface area contributed by atoms with E-state index in [2.05, 4.69) is 182 Å². The van der Waals surface area contributed by atoms with Gasteiger partial charge in [0.25, 0.3) is 0 Å². The number of benzene rings is 9. The lowest BCUT2D eigenvalue weighted by Crippen LogP contribution is -2.25. The van der Waals surface area contributed by atoms with Crippen LogP contribution in [0.15, 0.2) is 224 Å². The second-order valence-corrected chi connectivity index (χ2v) is 16.4. The van der Waals surface area contributed by atoms with E-state index < -0.39 is 5.41 Å². The Balaban J connectivity index is 1.00. The van der Waals surface area contributed by atoms with E-state index in [1.807, 2.05) is 48.5 Å². The standard InChI is InChI=1S/C60H37N3/c61-38-39-26-28-41(29-27-39)50-35-52-49-22-9-12-25-55(49)60(53-23-10-7-20-47(53)48-21-8-11-24-54(48)60)56(52)36-51(50)42-32-30-40(31-33-42)45-18-13-19-46(34-45)58-37-57(43-14-3-1-4-15-43)62-59(63-58)44-16-5-2-6-17-44/h1-37H. The second kappa shape index (κ2) is 14.6. The fourth-order valence-corrected chi connectivity index (χ4v) is 10.1. The largest absolute Gasteiger partial charge is 0.228 e. The summed E-state index contributed by atoms with van der Waals surface area (Å²) in [7, 11) is 0. The highest BCUT2D eigenvalue weighted by Gasteiger charge is 2.51. The zero-order valence-corrected chi connectivity index (χ0v) is 34.2. The minimum atomic E-state index is -0.459. The van der Waals surface area contributed by atoms with Gasteiger partial charge in [-0.05, 0) is 114 Å². The predicted molar refractivity (Wildman–Crippen MR) is 256 cm³/mol. The third-order valence-electron chi connectivity index (χ3n) is 13.0. The summed E-state index contributed by atoms with van der Waals surface area (Å²) in [5.74, 6) is 0.698. The summed E-state index contributed by atoms with van der Waals surface area (Å²) < 4.78 is 0. The van der Waals surface area contributed by atoms with Gasteiger partial charge in [-0.2, -0.15) is 5.26 Å². The van der Waals surface area contributed by atoms with Crippen molar-refractivity contribution in [3.63, 3.8) is 0 Å². The van der Waals surface area contributed by atoms with Crippen LogP contribution in [0, 0.1) is 11.3 Å². The van der Waals surface area contributed by atoms with Crippen LogP contribution in [-0.4, -0.2) is 9.97 Å². The minimum absolute atomic E-state index is 0.459. The highest BCUT2D eigenvalue weighted by atomic mass is 14.9. The maximum atomic E-state index is 9.71. The zero-order chi connectivity index (χ0) is 41.9. The predicted octanol–water partition coefficient (Wildman–Crippen LogP) is 14.7. The van der Waals surface area contributed by atoms with Crippen molar-refractivity contribution in [2.24, 2.45) is 0 Å². The molecule has 0 aliphatic heterocycles. The number of fused-ring (bicyclic) bond motifs is 10. The average molecular weight is 800 g/mol. The van der Waals surface area contributed by atoms with E-state index >= 15 is 0 Å². The molecule has 63 heavy (non-hydrogen) atoms. The van der Waals surface area contributed by atoms with E-state index in [-0.39, 0.29) is 0 Å². The number of nitriles is 1. The van der Waals surface area contributed by atoms with Crippen LogP contribution in [-0.2, 0) is 5.41 Å². The van der Waals surface area contributed by atoms with Gasteiger partial charge in [0.05, 0.1) is 28.4 Å². The van der Waals surface area contributed by atoms with Crippen LogP contribution >= 0.6 is 0 Å². The molecule has 0 unspecified atom stereocenters. The van der Waals surface area contributed by atoms with Crippen molar-refractivity contribution in [2.75, 3.05) is 0 Å². The second-order valence-electron chi connectivity index (χ2n) is 16.4. The summed E-state index contributed by atoms with van der Waals surface area (Å²) in [6, 6.07) is 82.2. The number of rotatable bonds is 6. The molecule has 1 spiro atoms. The molecule has 0 amide bonds. The highest BCUT2D eigenvalue weighted by molar-refractivity contribution is 5.99. The SMILES string of the molecule is N#Cc1ccc(-c2cc3c(cc2-c2ccc(-c4cccc(-c5cc(-c6ccccc6)nc(-c6ccccc6)n5)c4)cc2)C2(c4ccccc4-c4ccccc42)c2ccccc2-3)cc1. The molecular formula is C60H37N3. The Bertz CT molecular complexity index is 3330. The fourth-order valence-electron chi connectivity index (χ4n) is 10.1. The molecular weight excluding hydrogens is 763 g/mol. The van der Waals surface area contributed by atoms with Crippen LogP contribution in [0.5, 0.6) is 0 Å². The Morgan fingerprint density at radius 1 is 0.302 bits per heavy atom. The first-order valence-corrected chi connectivity index (χ1v) is 21.4. The van der Waals surface area contributed by atoms with Crippen LogP contribution in [0.1, 0.15) is 27.8 Å². The van der Waals surface area contributed by atoms with Gasteiger partial charge in [-0.3, -0.25) is 0 Å². The molecule has 0 saturated heterocycles. The average Bonchev–Trinajstić information content (AvgIpc) is 3.83. The maximum Gasteiger partial charge on any atom is 0.160 e. The smallest absolute Gasteiger partial charge is 0.160 e. The van der Waals surface area contributed by atoms with Crippen LogP contribution in [0.25, 0.3) is 89.5 Å². The first kappa shape index (κ1) is 36.4. The van der Waals surface area contributed by atoms with Crippen molar-refractivity contribution in [2.45, 2.75) is 5.41 Å². The van der Waals surface area contributed by atoms with Crippen LogP contribution < -0.4 is 0 Å². The van der Waals surface area contributed by atoms with E-state index in [1.54, 1.807) is 0 Å². The van der Waals surface area contributed by atoms with Crippen molar-refractivity contribution in [1.29, 1.82) is 5.26 Å². The van der Waals surface area contributed by atoms with Gasteiger partial charge in [-0.25, -0.2) is 9.97 Å². The third kappa shape index (κ3) is 5.81. The van der Waals surface area contributed by atoms with Crippen LogP contribution in [0.2, 0.25) is 0 Å². The molecule has 9 aromatic carbocycles. The highest BCUT2D eigenvalue weighted by Crippen LogP contribution is 2.63. The summed E-state index contributed by atoms with van der Waals surface area (Å²) in [4.78, 5) is 10.1. The monoisotopic (exact) mass is 799 g/mol. The summed E-state index contributed by atoms with van der Waals surface area (Å²) in [6.07, 6.45) is 0. The third-order valence-corrected chi connectivity index (χ3v) is 13.0. The quantitative estimate of drug-likeness (QED) is 0.168. The van der Waals surface area contributed by atoms with Gasteiger partial charge >= 0.3 is 0 Å². The fraction of sp³-hybridized carbons (Fsp3) is 0.0167. The molecule has 0 saturated carbocycles. The molecule has 12 rings (SSSR count). The minimum Gasteiger partial charge on any atom is -0.228 e. The van der Waals surface area contributed by atoms with Gasteiger partial charge in [0, 0.05) is 16.7 Å². The van der Waals surface area contributed by atoms with Crippen LogP contribution in [0.3, 0.4) is 0 Å². The van der Waals surface area contributed by atoms with E-state index in [1.165, 1.54) is 44.5 Å². The van der Waals surface area contributed by atoms with Crippen molar-refractivity contribution < 1.29 is 0 Å². The number of nitrogens with zero attached hydrogens (tertiary/aromatic N) is 3. The Morgan fingerprint density at radius 2 is 0.762 bits per heavy atom. The van der Waals surface area contributed by atoms with Gasteiger partial charge in [0.1, 0.15) is 0 Å². The Hall–Kier alpha value is -8.45. The molecule has 292 valence electrons. The van der Waals surface area contributed by atoms with Gasteiger partial charge in [-0.15, -0.1) is 0 Å². The first-order chi connectivity index (χ1) is 31.2. The summed E-state index contributed by atoms with van der Waals surface area (Å²) in [5.41, 5.74) is 22.0. The molecule has 1 aromatic heterocycles. The summed E-state index contributed by atoms with van der Waals surface area (Å²) >= 11 is 0. The molecule has 3 heteroatoms. The zero-order valence-electron chi connectivity index (χ0n) is 34.2. The lowest BCUT2D eigenvalue weighted by molar-refractivity contribution is 0.794. The Morgan fingerprint density at radius 3 is 1.37 bits per heavy atom. The van der Waals surface area contributed by atoms with Crippen molar-refractivity contribution >= 4 is 0 Å². The normalized spacial score (nSPS) is 12.6. The Kier molecular flexibility index (Phi) is 8.45. The first-order valence-electron chi connectivity index (χ1n) is 21.4. The molecule has 1 heterocycles.